The summed E-state index contributed by atoms with van der Waals surface area (Å²) in [4.78, 5) is 189. The summed E-state index contributed by atoms with van der Waals surface area (Å²) < 4.78 is 14.6. The zero-order valence-corrected chi connectivity index (χ0v) is 60.2. The second-order valence-corrected chi connectivity index (χ2v) is 28.3. The molecule has 2 aromatic rings. The van der Waals surface area contributed by atoms with Crippen LogP contribution in [0.3, 0.4) is 0 Å². The molecule has 0 saturated carbocycles. The Morgan fingerprint density at radius 3 is 1.47 bits per heavy atom. The van der Waals surface area contributed by atoms with E-state index < -0.39 is 173 Å². The third-order valence-corrected chi connectivity index (χ3v) is 17.7. The number of aliphatic hydroxyl groups is 1. The number of H-pyrrole nitrogens is 1. The third kappa shape index (κ3) is 21.1. The predicted molar refractivity (Wildman–Crippen MR) is 356 cm³/mol. The Kier molecular flexibility index (Phi) is 30.3. The fraction of sp³-hybridized carbons (Fsp3) is 0.716. The van der Waals surface area contributed by atoms with Gasteiger partial charge in [0.25, 0.3) is 0 Å². The number of carboxylic acids is 1. The molecule has 1 fully saturated rings. The van der Waals surface area contributed by atoms with Crippen molar-refractivity contribution in [2.75, 3.05) is 55.9 Å². The minimum atomic E-state index is -1.86. The maximum atomic E-state index is 15.4. The van der Waals surface area contributed by atoms with E-state index >= 15 is 19.2 Å². The average molecular weight is 1340 g/mol. The van der Waals surface area contributed by atoms with E-state index in [9.17, 15) is 53.0 Å². The average Bonchev–Trinajstić information content (AvgIpc) is 1.75. The number of nitrogens with zero attached hydrogens (tertiary/aromatic N) is 8. The molecule has 0 unspecified atom stereocenters. The minimum Gasteiger partial charge on any atom is -0.478 e. The Labute approximate surface area is 560 Å². The van der Waals surface area contributed by atoms with E-state index in [1.54, 1.807) is 34.6 Å². The lowest BCUT2D eigenvalue weighted by atomic mass is 9.91. The van der Waals surface area contributed by atoms with Gasteiger partial charge in [0.2, 0.25) is 65.0 Å². The number of rotatable bonds is 16. The summed E-state index contributed by atoms with van der Waals surface area (Å²) in [6.45, 7) is 26.7. The predicted octanol–water partition coefficient (Wildman–Crippen LogP) is 3.26. The second-order valence-electron chi connectivity index (χ2n) is 28.3. The molecule has 534 valence electrons. The zero-order valence-electron chi connectivity index (χ0n) is 60.2. The molecule has 28 heteroatoms. The minimum absolute atomic E-state index is 0.0345. The first kappa shape index (κ1) is 81.5. The van der Waals surface area contributed by atoms with Crippen molar-refractivity contribution in [2.45, 2.75) is 216 Å². The molecular weight excluding hydrogens is 1230 g/mol. The fourth-order valence-corrected chi connectivity index (χ4v) is 12.0. The van der Waals surface area contributed by atoms with E-state index in [1.165, 1.54) is 89.7 Å². The van der Waals surface area contributed by atoms with Gasteiger partial charge in [-0.2, -0.15) is 0 Å². The molecule has 0 radical (unpaired) electrons. The van der Waals surface area contributed by atoms with Crippen LogP contribution in [0.5, 0.6) is 0 Å². The van der Waals surface area contributed by atoms with Crippen molar-refractivity contribution >= 4 is 82.0 Å². The highest BCUT2D eigenvalue weighted by atomic mass is 19.1. The highest BCUT2D eigenvalue weighted by Gasteiger charge is 2.46. The van der Waals surface area contributed by atoms with E-state index in [-0.39, 0.29) is 79.1 Å². The van der Waals surface area contributed by atoms with Gasteiger partial charge in [0, 0.05) is 55.8 Å². The SMILES string of the molecule is CC[C@@H]1NC(=O)[C@H]([C@H](O)[C@H](C)Cc2nc3c(C(=O)O)cc(F)cc3[nH]2)N(C)C(=O)[C@H](C(C)C)N(C)C(=O)[C@H](CC(C)C)N(C)C(=O)[C@H](CC(C)C)N(C)C(=O)[C@@H](C)NC(=O)[C@H](C)NC(=O)[C@H](CC(C)C)N(C)C(=O)[C@H](C(C)C)NC(=O)[C@H](CC(C)C)N(C)C(=O)CN(C)C1=O. The van der Waals surface area contributed by atoms with Crippen LogP contribution in [-0.4, -0.2) is 248 Å². The molecule has 1 aliphatic rings. The molecule has 95 heavy (non-hydrogen) atoms. The molecule has 1 aromatic carbocycles. The van der Waals surface area contributed by atoms with Crippen LogP contribution in [0.15, 0.2) is 12.1 Å². The van der Waals surface area contributed by atoms with Crippen molar-refractivity contribution < 1.29 is 72.1 Å². The first-order valence-corrected chi connectivity index (χ1v) is 33.1. The van der Waals surface area contributed by atoms with Crippen LogP contribution in [0.1, 0.15) is 159 Å². The molecule has 0 aliphatic carbocycles. The molecule has 11 amide bonds. The van der Waals surface area contributed by atoms with Crippen LogP contribution in [-0.2, 0) is 59.2 Å². The van der Waals surface area contributed by atoms with Gasteiger partial charge in [-0.25, -0.2) is 14.2 Å². The molecule has 1 saturated heterocycles. The number of hydrogen-bond acceptors (Lipinski definition) is 14. The van der Waals surface area contributed by atoms with Gasteiger partial charge in [-0.15, -0.1) is 0 Å². The number of carbonyl (C=O) groups is 12. The fourth-order valence-electron chi connectivity index (χ4n) is 12.0. The second kappa shape index (κ2) is 35.3. The van der Waals surface area contributed by atoms with Crippen LogP contribution >= 0.6 is 0 Å². The maximum Gasteiger partial charge on any atom is 0.338 e. The topological polar surface area (TPSA) is 345 Å². The highest BCUT2D eigenvalue weighted by molar-refractivity contribution is 6.02. The highest BCUT2D eigenvalue weighted by Crippen LogP contribution is 2.27. The Balaban J connectivity index is 2.35. The summed E-state index contributed by atoms with van der Waals surface area (Å²) in [7, 11) is 9.55. The van der Waals surface area contributed by atoms with Crippen molar-refractivity contribution in [2.24, 2.45) is 41.4 Å². The molecule has 12 atom stereocenters. The van der Waals surface area contributed by atoms with Gasteiger partial charge in [-0.05, 0) is 99.5 Å². The largest absolute Gasteiger partial charge is 0.478 e. The molecule has 1 aliphatic heterocycles. The summed E-state index contributed by atoms with van der Waals surface area (Å²) in [6, 6.07) is -11.4. The number of benzene rings is 1. The number of aromatic amines is 1. The van der Waals surface area contributed by atoms with Gasteiger partial charge in [0.15, 0.2) is 0 Å². The van der Waals surface area contributed by atoms with Gasteiger partial charge < -0.3 is 70.8 Å². The van der Waals surface area contributed by atoms with Crippen molar-refractivity contribution in [3.8, 4) is 0 Å². The lowest BCUT2D eigenvalue weighted by Crippen LogP contribution is -2.63. The Morgan fingerprint density at radius 1 is 0.537 bits per heavy atom. The van der Waals surface area contributed by atoms with E-state index in [0.29, 0.717) is 0 Å². The molecule has 0 spiro atoms. The first-order valence-electron chi connectivity index (χ1n) is 33.1. The summed E-state index contributed by atoms with van der Waals surface area (Å²) in [5.74, 6) is -13.5. The van der Waals surface area contributed by atoms with Crippen molar-refractivity contribution in [3.05, 3.63) is 29.3 Å². The van der Waals surface area contributed by atoms with Gasteiger partial charge in [0.1, 0.15) is 77.6 Å². The normalized spacial score (nSPS) is 25.3. The number of amides is 11. The zero-order chi connectivity index (χ0) is 72.9. The number of halogens is 1. The van der Waals surface area contributed by atoms with Gasteiger partial charge in [-0.1, -0.05) is 96.9 Å². The maximum absolute atomic E-state index is 15.4. The number of aromatic nitrogens is 2. The lowest BCUT2D eigenvalue weighted by molar-refractivity contribution is -0.157. The number of aliphatic hydroxyl groups excluding tert-OH is 1. The number of aromatic carboxylic acids is 1. The number of imidazole rings is 1. The molecule has 0 bridgehead atoms. The number of hydrogen-bond donors (Lipinski definition) is 7. The number of nitrogens with one attached hydrogen (secondary N) is 5. The number of carbonyl (C=O) groups excluding carboxylic acids is 11. The van der Waals surface area contributed by atoms with Crippen LogP contribution in [0, 0.1) is 47.2 Å². The standard InChI is InChI=1S/C67H110FN13O14/c1-24-44-62(89)75(17)32-51(82)76(18)46(25-33(2)3)59(86)74-52(37(10)11)65(92)77(19)47(26-34(4)5)58(85)69-40(15)57(84)70-41(16)61(88)78(20)48(27-35(6)7)63(90)79(21)49(28-36(8)9)64(91)80(22)54(38(12)13)66(93)81(23)55(60(87)72-44)56(83)39(14)29-50-71-45-31-42(68)30-43(67(94)95)53(45)73-50/h30-31,33-41,44,46-49,52,54-56,83H,24-29,32H2,1-23H3,(H,69,85)(H,70,84)(H,71,73)(H,72,87)(H,74,86)(H,94,95)/t39-,40+,41-,44+,46+,47+,48+,49+,52+,54+,55+,56-/m1/s1. The monoisotopic (exact) mass is 1340 g/mol. The summed E-state index contributed by atoms with van der Waals surface area (Å²) in [5, 5.41) is 33.3. The van der Waals surface area contributed by atoms with E-state index in [0.717, 1.165) is 26.8 Å². The van der Waals surface area contributed by atoms with E-state index in [1.807, 2.05) is 55.4 Å². The summed E-state index contributed by atoms with van der Waals surface area (Å²) >= 11 is 0. The van der Waals surface area contributed by atoms with Crippen LogP contribution in [0.2, 0.25) is 0 Å². The van der Waals surface area contributed by atoms with Crippen LogP contribution in [0.4, 0.5) is 4.39 Å². The van der Waals surface area contributed by atoms with Crippen LogP contribution < -0.4 is 21.3 Å². The number of carboxylic acid groups (broad SMARTS) is 1. The molecular formula is C67H110FN13O14. The number of fused-ring (bicyclic) bond motifs is 1. The molecule has 1 aromatic heterocycles. The summed E-state index contributed by atoms with van der Waals surface area (Å²) in [5.41, 5.74) is -0.483. The quantitative estimate of drug-likeness (QED) is 0.127. The Morgan fingerprint density at radius 2 is 0.989 bits per heavy atom. The van der Waals surface area contributed by atoms with Crippen molar-refractivity contribution in [1.29, 1.82) is 0 Å². The van der Waals surface area contributed by atoms with Crippen molar-refractivity contribution in [3.63, 3.8) is 0 Å². The Hall–Kier alpha value is -7.78. The van der Waals surface area contributed by atoms with E-state index in [2.05, 4.69) is 31.2 Å². The smallest absolute Gasteiger partial charge is 0.338 e. The lowest BCUT2D eigenvalue weighted by Gasteiger charge is -2.41. The van der Waals surface area contributed by atoms with Crippen LogP contribution in [0.25, 0.3) is 11.0 Å². The van der Waals surface area contributed by atoms with Crippen molar-refractivity contribution in [1.82, 2.24) is 65.5 Å². The van der Waals surface area contributed by atoms with Gasteiger partial charge in [0.05, 0.1) is 23.7 Å². The molecule has 27 nitrogen and oxygen atoms in total. The van der Waals surface area contributed by atoms with Gasteiger partial charge in [-0.3, -0.25) is 52.7 Å². The third-order valence-electron chi connectivity index (χ3n) is 17.7. The summed E-state index contributed by atoms with van der Waals surface area (Å²) in [6.07, 6.45) is -1.69. The first-order chi connectivity index (χ1) is 43.9. The molecule has 7 N–H and O–H groups in total. The number of likely N-dealkylation sites (N-methyl/N-ethyl adjacent to an activating group) is 7. The van der Waals surface area contributed by atoms with Gasteiger partial charge >= 0.3 is 5.97 Å². The molecule has 3 rings (SSSR count). The Bertz CT molecular complexity index is 3080. The molecule has 2 heterocycles. The van der Waals surface area contributed by atoms with E-state index in [4.69, 9.17) is 0 Å².